The number of nitrogens with zero attached hydrogens (tertiary/aromatic N) is 1. The maximum absolute atomic E-state index is 12.1. The molecule has 0 aromatic carbocycles. The summed E-state index contributed by atoms with van der Waals surface area (Å²) in [7, 11) is 0. The van der Waals surface area contributed by atoms with Crippen molar-refractivity contribution in [2.75, 3.05) is 11.9 Å². The van der Waals surface area contributed by atoms with Gasteiger partial charge in [-0.05, 0) is 12.8 Å². The van der Waals surface area contributed by atoms with Gasteiger partial charge in [-0.15, -0.1) is 0 Å². The zero-order chi connectivity index (χ0) is 20.4. The first-order chi connectivity index (χ1) is 13.6. The highest BCUT2D eigenvalue weighted by atomic mass is 79.9. The summed E-state index contributed by atoms with van der Waals surface area (Å²) in [5.74, 6) is 5.83. The fourth-order valence-electron chi connectivity index (χ4n) is 3.19. The number of halogens is 1. The molecule has 3 N–H and O–H groups in total. The van der Waals surface area contributed by atoms with E-state index in [1.165, 1.54) is 42.9 Å². The molecule has 1 fully saturated rings. The van der Waals surface area contributed by atoms with Gasteiger partial charge in [0.2, 0.25) is 0 Å². The number of aliphatic hydroxyl groups excluding tert-OH is 2. The lowest BCUT2D eigenvalue weighted by atomic mass is 10.1. The van der Waals surface area contributed by atoms with E-state index in [0.29, 0.717) is 6.42 Å². The zero-order valence-electron chi connectivity index (χ0n) is 16.0. The second-order valence-electron chi connectivity index (χ2n) is 7.04. The molecule has 8 heteroatoms. The summed E-state index contributed by atoms with van der Waals surface area (Å²) >= 11 is 3.43. The molecule has 1 aromatic heterocycles. The lowest BCUT2D eigenvalue weighted by Gasteiger charge is -2.14. The van der Waals surface area contributed by atoms with Crippen molar-refractivity contribution in [3.8, 4) is 11.8 Å². The maximum atomic E-state index is 12.1. The van der Waals surface area contributed by atoms with Crippen LogP contribution in [-0.4, -0.2) is 43.9 Å². The molecule has 0 bridgehead atoms. The van der Waals surface area contributed by atoms with Crippen LogP contribution in [-0.2, 0) is 4.74 Å². The van der Waals surface area contributed by atoms with Crippen molar-refractivity contribution in [2.45, 2.75) is 76.2 Å². The summed E-state index contributed by atoms with van der Waals surface area (Å²) < 4.78 is 6.70. The van der Waals surface area contributed by atoms with Crippen LogP contribution in [0.2, 0.25) is 0 Å². The van der Waals surface area contributed by atoms with Crippen molar-refractivity contribution in [1.29, 1.82) is 0 Å². The van der Waals surface area contributed by atoms with Crippen LogP contribution < -0.4 is 11.2 Å². The van der Waals surface area contributed by atoms with Crippen LogP contribution in [0.15, 0.2) is 15.8 Å². The average molecular weight is 457 g/mol. The third-order valence-electron chi connectivity index (χ3n) is 4.82. The average Bonchev–Trinajstić information content (AvgIpc) is 3.05. The standard InChI is InChI=1S/C20H29BrN2O5/c21-11-9-7-5-3-1-2-4-6-8-10-15-13-23(20(27)22-19(15)26)18-12-16(25)17(14-24)28-18/h13,16-18,24-25H,1-7,9,11-12,14H2,(H,22,26,27). The Balaban J connectivity index is 1.87. The van der Waals surface area contributed by atoms with Crippen LogP contribution in [0.25, 0.3) is 0 Å². The summed E-state index contributed by atoms with van der Waals surface area (Å²) in [6.07, 6.45) is 8.22. The highest BCUT2D eigenvalue weighted by Gasteiger charge is 2.35. The van der Waals surface area contributed by atoms with E-state index in [-0.39, 0.29) is 18.6 Å². The van der Waals surface area contributed by atoms with E-state index in [2.05, 4.69) is 32.8 Å². The normalized spacial score (nSPS) is 21.5. The Morgan fingerprint density at radius 3 is 2.50 bits per heavy atom. The number of hydrogen-bond acceptors (Lipinski definition) is 5. The van der Waals surface area contributed by atoms with Crippen molar-refractivity contribution in [2.24, 2.45) is 0 Å². The molecule has 156 valence electrons. The molecule has 0 saturated carbocycles. The van der Waals surface area contributed by atoms with Gasteiger partial charge >= 0.3 is 5.69 Å². The first kappa shape index (κ1) is 22.9. The molecule has 0 radical (unpaired) electrons. The van der Waals surface area contributed by atoms with Crippen molar-refractivity contribution in [1.82, 2.24) is 9.55 Å². The number of unbranched alkanes of at least 4 members (excludes halogenated alkanes) is 7. The van der Waals surface area contributed by atoms with E-state index in [1.807, 2.05) is 0 Å². The van der Waals surface area contributed by atoms with Gasteiger partial charge in [-0.25, -0.2) is 4.79 Å². The van der Waals surface area contributed by atoms with Crippen molar-refractivity contribution in [3.05, 3.63) is 32.6 Å². The molecule has 2 heterocycles. The molecule has 7 nitrogen and oxygen atoms in total. The third kappa shape index (κ3) is 6.89. The van der Waals surface area contributed by atoms with Gasteiger partial charge in [0, 0.05) is 24.4 Å². The molecule has 1 aromatic rings. The fourth-order valence-corrected chi connectivity index (χ4v) is 3.58. The fraction of sp³-hybridized carbons (Fsp3) is 0.700. The lowest BCUT2D eigenvalue weighted by Crippen LogP contribution is -2.33. The van der Waals surface area contributed by atoms with Crippen LogP contribution in [0, 0.1) is 11.8 Å². The molecule has 1 saturated heterocycles. The minimum absolute atomic E-state index is 0.166. The first-order valence-electron chi connectivity index (χ1n) is 9.91. The Morgan fingerprint density at radius 2 is 1.86 bits per heavy atom. The first-order valence-corrected chi connectivity index (χ1v) is 11.0. The molecule has 3 unspecified atom stereocenters. The minimum atomic E-state index is -0.858. The van der Waals surface area contributed by atoms with Crippen LogP contribution in [0.5, 0.6) is 0 Å². The number of aromatic nitrogens is 2. The Hall–Kier alpha value is -1.40. The topological polar surface area (TPSA) is 105 Å². The summed E-state index contributed by atoms with van der Waals surface area (Å²) in [6, 6.07) is 0. The second kappa shape index (κ2) is 12.2. The number of H-pyrrole nitrogens is 1. The van der Waals surface area contributed by atoms with E-state index in [4.69, 9.17) is 4.74 Å². The van der Waals surface area contributed by atoms with E-state index in [0.717, 1.165) is 18.2 Å². The number of alkyl halides is 1. The van der Waals surface area contributed by atoms with E-state index < -0.39 is 29.7 Å². The summed E-state index contributed by atoms with van der Waals surface area (Å²) in [6.45, 7) is -0.334. The van der Waals surface area contributed by atoms with Crippen LogP contribution in [0.4, 0.5) is 0 Å². The van der Waals surface area contributed by atoms with Crippen molar-refractivity contribution < 1.29 is 14.9 Å². The highest BCUT2D eigenvalue weighted by Crippen LogP contribution is 2.27. The van der Waals surface area contributed by atoms with Gasteiger partial charge in [-0.3, -0.25) is 14.3 Å². The zero-order valence-corrected chi connectivity index (χ0v) is 17.6. The van der Waals surface area contributed by atoms with Gasteiger partial charge in [0.05, 0.1) is 12.7 Å². The summed E-state index contributed by atoms with van der Waals surface area (Å²) in [4.78, 5) is 26.3. The van der Waals surface area contributed by atoms with Crippen molar-refractivity contribution in [3.63, 3.8) is 0 Å². The van der Waals surface area contributed by atoms with Gasteiger partial charge in [-0.1, -0.05) is 59.9 Å². The number of aliphatic hydroxyl groups is 2. The van der Waals surface area contributed by atoms with E-state index >= 15 is 0 Å². The van der Waals surface area contributed by atoms with Gasteiger partial charge in [0.1, 0.15) is 17.9 Å². The SMILES string of the molecule is O=c1[nH]c(=O)n(C2CC(O)C(CO)O2)cc1C#CCCCCCCCCCBr. The predicted molar refractivity (Wildman–Crippen MR) is 111 cm³/mol. The number of hydrogen-bond donors (Lipinski definition) is 3. The molecule has 2 rings (SSSR count). The smallest absolute Gasteiger partial charge is 0.330 e. The number of ether oxygens (including phenoxy) is 1. The van der Waals surface area contributed by atoms with Gasteiger partial charge in [-0.2, -0.15) is 0 Å². The molecule has 28 heavy (non-hydrogen) atoms. The van der Waals surface area contributed by atoms with Gasteiger partial charge in [0.15, 0.2) is 0 Å². The van der Waals surface area contributed by atoms with Crippen LogP contribution in [0.3, 0.4) is 0 Å². The molecular formula is C20H29BrN2O5. The molecule has 1 aliphatic heterocycles. The quantitative estimate of drug-likeness (QED) is 0.284. The molecule has 3 atom stereocenters. The van der Waals surface area contributed by atoms with E-state index in [1.54, 1.807) is 0 Å². The Kier molecular flexibility index (Phi) is 9.99. The number of rotatable bonds is 10. The molecule has 0 spiro atoms. The second-order valence-corrected chi connectivity index (χ2v) is 7.83. The molecule has 0 aliphatic carbocycles. The van der Waals surface area contributed by atoms with Gasteiger partial charge in [0.25, 0.3) is 5.56 Å². The number of aromatic amines is 1. The molecule has 1 aliphatic rings. The lowest BCUT2D eigenvalue weighted by molar-refractivity contribution is -0.0459. The molecule has 0 amide bonds. The van der Waals surface area contributed by atoms with Crippen LogP contribution in [0.1, 0.15) is 69.6 Å². The summed E-state index contributed by atoms with van der Waals surface area (Å²) in [5, 5.41) is 20.1. The third-order valence-corrected chi connectivity index (χ3v) is 5.38. The Morgan fingerprint density at radius 1 is 1.18 bits per heavy atom. The highest BCUT2D eigenvalue weighted by molar-refractivity contribution is 9.09. The monoisotopic (exact) mass is 456 g/mol. The predicted octanol–water partition coefficient (Wildman–Crippen LogP) is 2.04. The maximum Gasteiger partial charge on any atom is 0.330 e. The van der Waals surface area contributed by atoms with Crippen LogP contribution >= 0.6 is 15.9 Å². The Labute approximate surface area is 173 Å². The largest absolute Gasteiger partial charge is 0.394 e. The summed E-state index contributed by atoms with van der Waals surface area (Å²) in [5.41, 5.74) is -0.955. The molecular weight excluding hydrogens is 428 g/mol. The minimum Gasteiger partial charge on any atom is -0.394 e. The van der Waals surface area contributed by atoms with Crippen molar-refractivity contribution >= 4 is 15.9 Å². The van der Waals surface area contributed by atoms with E-state index in [9.17, 15) is 19.8 Å². The Bertz CT molecular complexity index is 779. The van der Waals surface area contributed by atoms with Gasteiger partial charge < -0.3 is 14.9 Å². The number of nitrogens with one attached hydrogen (secondary N) is 1.